The number of benzene rings is 2. The third kappa shape index (κ3) is 6.41. The molecule has 1 fully saturated rings. The first-order valence-electron chi connectivity index (χ1n) is 14.0. The molecule has 2 aromatic carbocycles. The number of hydrogen-bond donors (Lipinski definition) is 1. The van der Waals surface area contributed by atoms with Gasteiger partial charge in [0.1, 0.15) is 10.8 Å². The number of carboxylic acids is 1. The van der Waals surface area contributed by atoms with Crippen molar-refractivity contribution in [3.63, 3.8) is 0 Å². The largest absolute Gasteiger partial charge is 0.479 e. The predicted octanol–water partition coefficient (Wildman–Crippen LogP) is 7.46. The molecule has 7 nitrogen and oxygen atoms in total. The third-order valence-corrected chi connectivity index (χ3v) is 8.77. The van der Waals surface area contributed by atoms with Crippen LogP contribution in [-0.2, 0) is 9.53 Å². The second-order valence-electron chi connectivity index (χ2n) is 11.8. The highest BCUT2D eigenvalue weighted by Crippen LogP contribution is 2.44. The molecule has 0 saturated carbocycles. The van der Waals surface area contributed by atoms with E-state index in [1.165, 1.54) is 0 Å². The van der Waals surface area contributed by atoms with Crippen molar-refractivity contribution < 1.29 is 14.6 Å². The number of ether oxygens (including phenoxy) is 1. The summed E-state index contributed by atoms with van der Waals surface area (Å²) in [6.07, 6.45) is 0.702. The number of aryl methyl sites for hydroxylation is 1. The van der Waals surface area contributed by atoms with Crippen molar-refractivity contribution in [3.8, 4) is 21.7 Å². The van der Waals surface area contributed by atoms with E-state index in [2.05, 4.69) is 34.7 Å². The van der Waals surface area contributed by atoms with Crippen LogP contribution < -0.4 is 4.90 Å². The summed E-state index contributed by atoms with van der Waals surface area (Å²) in [5.74, 6) is -0.0804. The molecule has 0 bridgehead atoms. The Morgan fingerprint density at radius 3 is 2.34 bits per heavy atom. The Morgan fingerprint density at radius 1 is 1.05 bits per heavy atom. The molecule has 0 radical (unpaired) electrons. The fraction of sp³-hybridized carbons (Fsp3) is 0.406. The van der Waals surface area contributed by atoms with Crippen molar-refractivity contribution in [1.82, 2.24) is 14.9 Å². The standard InChI is InChI=1S/C32H37ClN4O3S/c1-19(2)36-13-15-37(16-14-36)25-18-22(11-12-34-25)30-35-24-17-20(3)26(28(31(38)39)40-32(4,5)6)27(29(24)41-30)21-7-9-23(33)10-8-21/h7-12,17-19,28H,13-16H2,1-6H3,(H,38,39). The SMILES string of the molecule is Cc1cc2nc(-c3ccnc(N4CCN(C(C)C)CC4)c3)sc2c(-c2ccc(Cl)cc2)c1C(OC(C)(C)C)C(=O)O. The Morgan fingerprint density at radius 2 is 1.73 bits per heavy atom. The number of piperazine rings is 1. The zero-order valence-corrected chi connectivity index (χ0v) is 26.0. The third-order valence-electron chi connectivity index (χ3n) is 7.38. The maximum Gasteiger partial charge on any atom is 0.337 e. The van der Waals surface area contributed by atoms with E-state index < -0.39 is 17.7 Å². The smallest absolute Gasteiger partial charge is 0.337 e. The molecule has 1 aliphatic heterocycles. The number of halogens is 1. The number of hydrogen-bond acceptors (Lipinski definition) is 7. The average Bonchev–Trinajstić information content (AvgIpc) is 3.35. The van der Waals surface area contributed by atoms with Crippen molar-refractivity contribution >= 4 is 44.9 Å². The first kappa shape index (κ1) is 29.5. The van der Waals surface area contributed by atoms with Gasteiger partial charge in [0.25, 0.3) is 0 Å². The van der Waals surface area contributed by atoms with Crippen molar-refractivity contribution in [3.05, 3.63) is 64.8 Å². The van der Waals surface area contributed by atoms with E-state index in [1.807, 2.05) is 70.3 Å². The van der Waals surface area contributed by atoms with Crippen molar-refractivity contribution in [1.29, 1.82) is 0 Å². The zero-order valence-electron chi connectivity index (χ0n) is 24.4. The number of anilines is 1. The lowest BCUT2D eigenvalue weighted by Crippen LogP contribution is -2.49. The van der Waals surface area contributed by atoms with E-state index in [9.17, 15) is 9.90 Å². The topological polar surface area (TPSA) is 78.8 Å². The summed E-state index contributed by atoms with van der Waals surface area (Å²) in [7, 11) is 0. The van der Waals surface area contributed by atoms with Crippen LogP contribution in [-0.4, -0.2) is 63.8 Å². The van der Waals surface area contributed by atoms with E-state index in [0.717, 1.165) is 69.5 Å². The van der Waals surface area contributed by atoms with Crippen molar-refractivity contribution in [2.75, 3.05) is 31.1 Å². The monoisotopic (exact) mass is 592 g/mol. The van der Waals surface area contributed by atoms with Crippen molar-refractivity contribution in [2.45, 2.75) is 59.3 Å². The number of carboxylic acid groups (broad SMARTS) is 1. The van der Waals surface area contributed by atoms with Gasteiger partial charge >= 0.3 is 5.97 Å². The van der Waals surface area contributed by atoms with Gasteiger partial charge in [-0.15, -0.1) is 11.3 Å². The molecule has 1 N–H and O–H groups in total. The minimum atomic E-state index is -1.15. The van der Waals surface area contributed by atoms with E-state index >= 15 is 0 Å². The molecular formula is C32H37ClN4O3S. The summed E-state index contributed by atoms with van der Waals surface area (Å²) in [6, 6.07) is 14.1. The van der Waals surface area contributed by atoms with Crippen LogP contribution in [0.15, 0.2) is 48.7 Å². The highest BCUT2D eigenvalue weighted by atomic mass is 35.5. The molecule has 41 heavy (non-hydrogen) atoms. The summed E-state index contributed by atoms with van der Waals surface area (Å²) in [4.78, 5) is 27.1. The highest BCUT2D eigenvalue weighted by molar-refractivity contribution is 7.22. The molecule has 0 amide bonds. The van der Waals surface area contributed by atoms with Crippen LogP contribution in [0.4, 0.5) is 5.82 Å². The van der Waals surface area contributed by atoms with Gasteiger partial charge < -0.3 is 14.7 Å². The first-order chi connectivity index (χ1) is 19.4. The Kier molecular flexibility index (Phi) is 8.39. The van der Waals surface area contributed by atoms with Gasteiger partial charge in [-0.3, -0.25) is 4.90 Å². The lowest BCUT2D eigenvalue weighted by molar-refractivity contribution is -0.160. The minimum absolute atomic E-state index is 0.539. The van der Waals surface area contributed by atoms with Crippen LogP contribution in [0.3, 0.4) is 0 Å². The molecule has 0 aliphatic carbocycles. The van der Waals surface area contributed by atoms with Gasteiger partial charge in [-0.2, -0.15) is 0 Å². The van der Waals surface area contributed by atoms with Crippen LogP contribution in [0.5, 0.6) is 0 Å². The van der Waals surface area contributed by atoms with E-state index in [4.69, 9.17) is 21.3 Å². The van der Waals surface area contributed by atoms with Crippen LogP contribution in [0.1, 0.15) is 51.8 Å². The number of thiazole rings is 1. The molecule has 1 atom stereocenters. The molecule has 1 aliphatic rings. The number of pyridine rings is 1. The van der Waals surface area contributed by atoms with Gasteiger partial charge in [-0.1, -0.05) is 23.7 Å². The highest BCUT2D eigenvalue weighted by Gasteiger charge is 2.32. The first-order valence-corrected chi connectivity index (χ1v) is 15.2. The van der Waals surface area contributed by atoms with Crippen LogP contribution in [0.2, 0.25) is 5.02 Å². The van der Waals surface area contributed by atoms with Gasteiger partial charge in [0, 0.05) is 60.1 Å². The predicted molar refractivity (Wildman–Crippen MR) is 168 cm³/mol. The number of nitrogens with zero attached hydrogens (tertiary/aromatic N) is 4. The Bertz CT molecular complexity index is 1550. The molecular weight excluding hydrogens is 556 g/mol. The van der Waals surface area contributed by atoms with E-state index in [1.54, 1.807) is 11.3 Å². The van der Waals surface area contributed by atoms with Gasteiger partial charge in [0.05, 0.1) is 15.8 Å². The molecule has 5 rings (SSSR count). The summed E-state index contributed by atoms with van der Waals surface area (Å²) in [5.41, 5.74) is 4.29. The molecule has 4 aromatic rings. The molecule has 3 heterocycles. The summed E-state index contributed by atoms with van der Waals surface area (Å²) in [6.45, 7) is 15.9. The van der Waals surface area contributed by atoms with Gasteiger partial charge in [-0.05, 0) is 83.0 Å². The fourth-order valence-electron chi connectivity index (χ4n) is 5.35. The Hall–Kier alpha value is -3.04. The number of carbonyl (C=O) groups is 1. The molecule has 216 valence electrons. The second-order valence-corrected chi connectivity index (χ2v) is 13.3. The number of fused-ring (bicyclic) bond motifs is 1. The van der Waals surface area contributed by atoms with Crippen molar-refractivity contribution in [2.24, 2.45) is 0 Å². The summed E-state index contributed by atoms with van der Waals surface area (Å²) in [5, 5.41) is 11.8. The van der Waals surface area contributed by atoms with Gasteiger partial charge in [0.15, 0.2) is 6.10 Å². The molecule has 2 aromatic heterocycles. The lowest BCUT2D eigenvalue weighted by Gasteiger charge is -2.37. The van der Waals surface area contributed by atoms with Crippen LogP contribution in [0.25, 0.3) is 31.9 Å². The number of aromatic nitrogens is 2. The quantitative estimate of drug-likeness (QED) is 0.239. The van der Waals surface area contributed by atoms with Crippen LogP contribution in [0, 0.1) is 6.92 Å². The molecule has 1 saturated heterocycles. The molecule has 1 unspecified atom stereocenters. The lowest BCUT2D eigenvalue weighted by atomic mass is 9.91. The fourth-order valence-corrected chi connectivity index (χ4v) is 6.60. The maximum absolute atomic E-state index is 12.6. The average molecular weight is 593 g/mol. The normalized spacial score (nSPS) is 15.6. The Labute approximate surface area is 250 Å². The maximum atomic E-state index is 12.6. The van der Waals surface area contributed by atoms with E-state index in [0.29, 0.717) is 16.6 Å². The van der Waals surface area contributed by atoms with Gasteiger partial charge in [-0.25, -0.2) is 14.8 Å². The zero-order chi connectivity index (χ0) is 29.5. The molecule has 0 spiro atoms. The van der Waals surface area contributed by atoms with Gasteiger partial charge in [0.2, 0.25) is 0 Å². The minimum Gasteiger partial charge on any atom is -0.479 e. The Balaban J connectivity index is 1.62. The summed E-state index contributed by atoms with van der Waals surface area (Å²) < 4.78 is 7.05. The number of aliphatic carboxylic acids is 1. The molecule has 9 heteroatoms. The van der Waals surface area contributed by atoms with E-state index in [-0.39, 0.29) is 0 Å². The van der Waals surface area contributed by atoms with Crippen LogP contribution >= 0.6 is 22.9 Å². The second kappa shape index (κ2) is 11.7. The summed E-state index contributed by atoms with van der Waals surface area (Å²) >= 11 is 7.79. The number of rotatable bonds is 7.